The highest BCUT2D eigenvalue weighted by Gasteiger charge is 2.30. The summed E-state index contributed by atoms with van der Waals surface area (Å²) in [6.07, 6.45) is -2.90. The smallest absolute Gasteiger partial charge is 0.284 e. The van der Waals surface area contributed by atoms with Crippen molar-refractivity contribution < 1.29 is 13.2 Å². The molecular weight excluding hydrogens is 243 g/mol. The largest absolute Gasteiger partial charge is 0.416 e. The van der Waals surface area contributed by atoms with E-state index >= 15 is 0 Å². The Labute approximate surface area is 101 Å². The first-order valence-corrected chi connectivity index (χ1v) is 5.25. The molecule has 0 aliphatic rings. The molecular formula is C13H10F3NO. The Hall–Kier alpha value is -2.04. The minimum absolute atomic E-state index is 0.207. The predicted molar refractivity (Wildman–Crippen MR) is 61.8 cm³/mol. The molecule has 94 valence electrons. The highest BCUT2D eigenvalue weighted by atomic mass is 19.4. The molecule has 0 aliphatic heterocycles. The second-order valence-electron chi connectivity index (χ2n) is 3.96. The lowest BCUT2D eigenvalue weighted by Gasteiger charge is -2.10. The van der Waals surface area contributed by atoms with Crippen molar-refractivity contribution in [3.05, 3.63) is 64.1 Å². The van der Waals surface area contributed by atoms with Crippen molar-refractivity contribution >= 4 is 0 Å². The fourth-order valence-electron chi connectivity index (χ4n) is 1.63. The van der Waals surface area contributed by atoms with E-state index in [0.717, 1.165) is 17.7 Å². The highest BCUT2D eigenvalue weighted by molar-refractivity contribution is 5.37. The van der Waals surface area contributed by atoms with Crippen LogP contribution in [0.25, 0.3) is 5.69 Å². The molecule has 2 rings (SSSR count). The van der Waals surface area contributed by atoms with Gasteiger partial charge in [0.25, 0.3) is 5.56 Å². The molecule has 18 heavy (non-hydrogen) atoms. The van der Waals surface area contributed by atoms with Crippen LogP contribution in [0.5, 0.6) is 0 Å². The lowest BCUT2D eigenvalue weighted by atomic mass is 10.2. The molecule has 0 N–H and O–H groups in total. The van der Waals surface area contributed by atoms with E-state index < -0.39 is 11.7 Å². The monoisotopic (exact) mass is 253 g/mol. The summed E-state index contributed by atoms with van der Waals surface area (Å²) in [6, 6.07) is 7.64. The van der Waals surface area contributed by atoms with Crippen molar-refractivity contribution in [1.29, 1.82) is 0 Å². The molecule has 2 nitrogen and oxygen atoms in total. The zero-order valence-electron chi connectivity index (χ0n) is 9.53. The average molecular weight is 253 g/mol. The molecule has 0 bridgehead atoms. The van der Waals surface area contributed by atoms with Gasteiger partial charge in [0.15, 0.2) is 0 Å². The van der Waals surface area contributed by atoms with Gasteiger partial charge in [-0.15, -0.1) is 0 Å². The van der Waals surface area contributed by atoms with E-state index in [4.69, 9.17) is 0 Å². The first kappa shape index (κ1) is 12.4. The van der Waals surface area contributed by atoms with Gasteiger partial charge in [-0.3, -0.25) is 9.36 Å². The lowest BCUT2D eigenvalue weighted by molar-refractivity contribution is -0.137. The van der Waals surface area contributed by atoms with E-state index in [-0.39, 0.29) is 11.2 Å². The number of aryl methyl sites for hydroxylation is 1. The van der Waals surface area contributed by atoms with Crippen molar-refractivity contribution in [2.75, 3.05) is 0 Å². The molecule has 0 fully saturated rings. The van der Waals surface area contributed by atoms with E-state index in [1.165, 1.54) is 29.0 Å². The molecule has 0 atom stereocenters. The number of aromatic nitrogens is 1. The third-order valence-corrected chi connectivity index (χ3v) is 2.51. The van der Waals surface area contributed by atoms with Gasteiger partial charge in [-0.25, -0.2) is 0 Å². The first-order valence-electron chi connectivity index (χ1n) is 5.25. The van der Waals surface area contributed by atoms with E-state index in [9.17, 15) is 18.0 Å². The Morgan fingerprint density at radius 1 is 1.11 bits per heavy atom. The third-order valence-electron chi connectivity index (χ3n) is 2.51. The van der Waals surface area contributed by atoms with Gasteiger partial charge >= 0.3 is 6.18 Å². The number of nitrogens with zero attached hydrogens (tertiary/aromatic N) is 1. The van der Waals surface area contributed by atoms with Gasteiger partial charge in [-0.2, -0.15) is 13.2 Å². The fourth-order valence-corrected chi connectivity index (χ4v) is 1.63. The maximum atomic E-state index is 12.6. The Balaban J connectivity index is 2.58. The Kier molecular flexibility index (Phi) is 2.98. The number of alkyl halides is 3. The summed E-state index contributed by atoms with van der Waals surface area (Å²) in [4.78, 5) is 11.6. The van der Waals surface area contributed by atoms with Crippen LogP contribution in [0.1, 0.15) is 11.1 Å². The standard InChI is InChI=1S/C13H10F3NO/c1-9-5-6-12(18)17(8-9)11-4-2-3-10(7-11)13(14,15)16/h2-8H,1H3. The molecule has 0 amide bonds. The molecule has 2 aromatic rings. The second-order valence-corrected chi connectivity index (χ2v) is 3.96. The topological polar surface area (TPSA) is 22.0 Å². The molecule has 5 heteroatoms. The number of benzene rings is 1. The number of hydrogen-bond donors (Lipinski definition) is 0. The van der Waals surface area contributed by atoms with Gasteiger partial charge < -0.3 is 0 Å². The number of halogens is 3. The third kappa shape index (κ3) is 2.45. The van der Waals surface area contributed by atoms with Crippen LogP contribution in [-0.2, 0) is 6.18 Å². The predicted octanol–water partition coefficient (Wildman–Crippen LogP) is 3.16. The molecule has 0 unspecified atom stereocenters. The Morgan fingerprint density at radius 3 is 2.50 bits per heavy atom. The van der Waals surface area contributed by atoms with E-state index in [1.54, 1.807) is 13.0 Å². The van der Waals surface area contributed by atoms with Crippen LogP contribution in [0.3, 0.4) is 0 Å². The van der Waals surface area contributed by atoms with Crippen LogP contribution >= 0.6 is 0 Å². The molecule has 1 aromatic heterocycles. The zero-order chi connectivity index (χ0) is 13.3. The van der Waals surface area contributed by atoms with Crippen molar-refractivity contribution in [2.24, 2.45) is 0 Å². The van der Waals surface area contributed by atoms with Crippen LogP contribution in [0.4, 0.5) is 13.2 Å². The molecule has 0 saturated heterocycles. The summed E-state index contributed by atoms with van der Waals surface area (Å²) in [6.45, 7) is 1.77. The van der Waals surface area contributed by atoms with Crippen molar-refractivity contribution in [1.82, 2.24) is 4.57 Å². The summed E-state index contributed by atoms with van der Waals surface area (Å²) in [5.41, 5.74) is -0.126. The maximum Gasteiger partial charge on any atom is 0.416 e. The summed E-state index contributed by atoms with van der Waals surface area (Å²) < 4.78 is 38.9. The van der Waals surface area contributed by atoms with Crippen molar-refractivity contribution in [2.45, 2.75) is 13.1 Å². The minimum atomic E-state index is -4.41. The van der Waals surface area contributed by atoms with Gasteiger partial charge in [0.2, 0.25) is 0 Å². The Bertz CT molecular complexity index is 629. The quantitative estimate of drug-likeness (QED) is 0.765. The van der Waals surface area contributed by atoms with Crippen LogP contribution in [-0.4, -0.2) is 4.57 Å². The van der Waals surface area contributed by atoms with Gasteiger partial charge in [0.05, 0.1) is 5.56 Å². The van der Waals surface area contributed by atoms with Gasteiger partial charge in [0.1, 0.15) is 0 Å². The fraction of sp³-hybridized carbons (Fsp3) is 0.154. The number of rotatable bonds is 1. The SMILES string of the molecule is Cc1ccc(=O)n(-c2cccc(C(F)(F)F)c2)c1. The average Bonchev–Trinajstić information content (AvgIpc) is 2.31. The normalized spacial score (nSPS) is 11.6. The summed E-state index contributed by atoms with van der Waals surface area (Å²) >= 11 is 0. The van der Waals surface area contributed by atoms with Crippen LogP contribution in [0.2, 0.25) is 0 Å². The molecule has 1 heterocycles. The number of pyridine rings is 1. The molecule has 0 aliphatic carbocycles. The second kappa shape index (κ2) is 4.33. The van der Waals surface area contributed by atoms with Crippen LogP contribution < -0.4 is 5.56 Å². The maximum absolute atomic E-state index is 12.6. The Morgan fingerprint density at radius 2 is 1.83 bits per heavy atom. The summed E-state index contributed by atoms with van der Waals surface area (Å²) in [5.74, 6) is 0. The van der Waals surface area contributed by atoms with Gasteiger partial charge in [-0.1, -0.05) is 12.1 Å². The highest BCUT2D eigenvalue weighted by Crippen LogP contribution is 2.30. The molecule has 0 radical (unpaired) electrons. The van der Waals surface area contributed by atoms with Crippen LogP contribution in [0.15, 0.2) is 47.4 Å². The van der Waals surface area contributed by atoms with Gasteiger partial charge in [-0.05, 0) is 30.7 Å². The molecule has 0 saturated carbocycles. The minimum Gasteiger partial charge on any atom is -0.284 e. The molecule has 1 aromatic carbocycles. The van der Waals surface area contributed by atoms with E-state index in [1.807, 2.05) is 0 Å². The zero-order valence-corrected chi connectivity index (χ0v) is 9.53. The van der Waals surface area contributed by atoms with Crippen LogP contribution in [0, 0.1) is 6.92 Å². The first-order chi connectivity index (χ1) is 8.38. The van der Waals surface area contributed by atoms with E-state index in [0.29, 0.717) is 0 Å². The molecule has 0 spiro atoms. The van der Waals surface area contributed by atoms with Crippen molar-refractivity contribution in [3.8, 4) is 5.69 Å². The van der Waals surface area contributed by atoms with Gasteiger partial charge in [0, 0.05) is 18.0 Å². The summed E-state index contributed by atoms with van der Waals surface area (Å²) in [7, 11) is 0. The number of hydrogen-bond acceptors (Lipinski definition) is 1. The lowest BCUT2D eigenvalue weighted by Crippen LogP contribution is -2.17. The van der Waals surface area contributed by atoms with E-state index in [2.05, 4.69) is 0 Å². The van der Waals surface area contributed by atoms with Crippen molar-refractivity contribution in [3.63, 3.8) is 0 Å². The summed E-state index contributed by atoms with van der Waals surface area (Å²) in [5, 5.41) is 0.